The Morgan fingerprint density at radius 3 is 1.86 bits per heavy atom. The molecule has 2 aliphatic carbocycles. The molecule has 0 heterocycles. The summed E-state index contributed by atoms with van der Waals surface area (Å²) in [7, 11) is 0. The third-order valence-electron chi connectivity index (χ3n) is 6.76. The van der Waals surface area contributed by atoms with Crippen molar-refractivity contribution >= 4 is 0 Å². The van der Waals surface area contributed by atoms with Gasteiger partial charge in [-0.15, -0.1) is 0 Å². The first-order valence-electron chi connectivity index (χ1n) is 10.6. The average Bonchev–Trinajstić information content (AvgIpc) is 2.70. The van der Waals surface area contributed by atoms with Crippen molar-refractivity contribution in [3.8, 4) is 5.75 Å². The van der Waals surface area contributed by atoms with Crippen molar-refractivity contribution in [3.05, 3.63) is 29.6 Å². The van der Waals surface area contributed by atoms with Crippen LogP contribution in [-0.4, -0.2) is 12.8 Å². The Kier molecular flexibility index (Phi) is 7.38. The summed E-state index contributed by atoms with van der Waals surface area (Å²) in [6.07, 6.45) is 4.24. The summed E-state index contributed by atoms with van der Waals surface area (Å²) in [6.45, 7) is -0.266. The second-order valence-electron chi connectivity index (χ2n) is 8.59. The van der Waals surface area contributed by atoms with Crippen LogP contribution in [0.3, 0.4) is 0 Å². The van der Waals surface area contributed by atoms with E-state index in [2.05, 4.69) is 4.74 Å². The highest BCUT2D eigenvalue weighted by Crippen LogP contribution is 2.46. The minimum atomic E-state index is -3.56. The molecule has 0 N–H and O–H groups in total. The number of halogens is 6. The summed E-state index contributed by atoms with van der Waals surface area (Å²) in [5.41, 5.74) is 0. The maximum absolute atomic E-state index is 14.5. The first-order chi connectivity index (χ1) is 13.8. The number of alkyl halides is 3. The van der Waals surface area contributed by atoms with E-state index < -0.39 is 35.2 Å². The molecule has 0 amide bonds. The zero-order chi connectivity index (χ0) is 21.0. The molecule has 164 valence electrons. The lowest BCUT2D eigenvalue weighted by atomic mass is 9.68. The standard InChI is InChI=1S/C22H28F6O/c23-11-1-2-14-3-5-15(6-4-14)16-7-9-17(10-8-16)22(27,28)29-18-12-19(24)21(26)20(25)13-18/h12-17H,1-11H2. The van der Waals surface area contributed by atoms with E-state index >= 15 is 0 Å². The number of hydrogen-bond donors (Lipinski definition) is 0. The van der Waals surface area contributed by atoms with E-state index in [9.17, 15) is 26.3 Å². The molecular formula is C22H28F6O. The molecule has 0 radical (unpaired) electrons. The molecular weight excluding hydrogens is 394 g/mol. The normalized spacial score (nSPS) is 28.3. The van der Waals surface area contributed by atoms with Crippen LogP contribution < -0.4 is 4.74 Å². The van der Waals surface area contributed by atoms with Gasteiger partial charge >= 0.3 is 6.11 Å². The van der Waals surface area contributed by atoms with Crippen LogP contribution in [0.5, 0.6) is 5.75 Å². The molecule has 2 fully saturated rings. The van der Waals surface area contributed by atoms with E-state index in [1.54, 1.807) is 0 Å². The molecule has 0 aliphatic heterocycles. The van der Waals surface area contributed by atoms with Crippen LogP contribution in [0.4, 0.5) is 26.3 Å². The second kappa shape index (κ2) is 9.61. The maximum Gasteiger partial charge on any atom is 0.400 e. The van der Waals surface area contributed by atoms with E-state index in [-0.39, 0.29) is 19.5 Å². The summed E-state index contributed by atoms with van der Waals surface area (Å²) in [4.78, 5) is 0. The molecule has 0 spiro atoms. The van der Waals surface area contributed by atoms with E-state index in [0.717, 1.165) is 32.1 Å². The lowest BCUT2D eigenvalue weighted by Gasteiger charge is -2.39. The van der Waals surface area contributed by atoms with Crippen molar-refractivity contribution in [2.75, 3.05) is 6.67 Å². The number of benzene rings is 1. The highest BCUT2D eigenvalue weighted by Gasteiger charge is 2.45. The van der Waals surface area contributed by atoms with Crippen molar-refractivity contribution in [2.45, 2.75) is 70.3 Å². The topological polar surface area (TPSA) is 9.23 Å². The Morgan fingerprint density at radius 2 is 1.34 bits per heavy atom. The van der Waals surface area contributed by atoms with Gasteiger partial charge in [0.25, 0.3) is 0 Å². The fourth-order valence-corrected chi connectivity index (χ4v) is 5.07. The van der Waals surface area contributed by atoms with Crippen molar-refractivity contribution in [2.24, 2.45) is 23.7 Å². The molecule has 0 unspecified atom stereocenters. The average molecular weight is 422 g/mol. The molecule has 0 saturated heterocycles. The van der Waals surface area contributed by atoms with E-state index in [0.29, 0.717) is 49.1 Å². The Labute approximate surface area is 167 Å². The SMILES string of the molecule is FCCCC1CCC(C2CCC(C(F)(F)Oc3cc(F)c(F)c(F)c3)CC2)CC1. The zero-order valence-electron chi connectivity index (χ0n) is 16.4. The highest BCUT2D eigenvalue weighted by atomic mass is 19.3. The minimum Gasteiger partial charge on any atom is -0.432 e. The van der Waals surface area contributed by atoms with Crippen LogP contribution in [0.25, 0.3) is 0 Å². The summed E-state index contributed by atoms with van der Waals surface area (Å²) < 4.78 is 85.4. The third-order valence-corrected chi connectivity index (χ3v) is 6.76. The van der Waals surface area contributed by atoms with E-state index in [1.807, 2.05) is 0 Å². The maximum atomic E-state index is 14.5. The fraction of sp³-hybridized carbons (Fsp3) is 0.727. The predicted octanol–water partition coefficient (Wildman–Crippen LogP) is 7.44. The van der Waals surface area contributed by atoms with E-state index in [1.165, 1.54) is 0 Å². The third kappa shape index (κ3) is 5.60. The van der Waals surface area contributed by atoms with Gasteiger partial charge in [-0.3, -0.25) is 4.39 Å². The van der Waals surface area contributed by atoms with Gasteiger partial charge in [0.15, 0.2) is 17.5 Å². The molecule has 3 rings (SSSR count). The summed E-state index contributed by atoms with van der Waals surface area (Å²) in [5, 5.41) is 0. The molecule has 0 aromatic heterocycles. The number of rotatable bonds is 7. The summed E-state index contributed by atoms with van der Waals surface area (Å²) in [5.74, 6) is -5.02. The Morgan fingerprint density at radius 1 is 0.828 bits per heavy atom. The fourth-order valence-electron chi connectivity index (χ4n) is 5.07. The Balaban J connectivity index is 1.49. The smallest absolute Gasteiger partial charge is 0.400 e. The van der Waals surface area contributed by atoms with Gasteiger partial charge in [0.2, 0.25) is 0 Å². The largest absolute Gasteiger partial charge is 0.432 e. The first-order valence-corrected chi connectivity index (χ1v) is 10.6. The van der Waals surface area contributed by atoms with Gasteiger partial charge in [0.1, 0.15) is 5.75 Å². The van der Waals surface area contributed by atoms with Crippen LogP contribution in [0, 0.1) is 41.1 Å². The molecule has 1 aromatic carbocycles. The quantitative estimate of drug-likeness (QED) is 0.328. The molecule has 2 aliphatic rings. The minimum absolute atomic E-state index is 0.266. The summed E-state index contributed by atoms with van der Waals surface area (Å²) >= 11 is 0. The van der Waals surface area contributed by atoms with Crippen molar-refractivity contribution in [1.82, 2.24) is 0 Å². The number of hydrogen-bond acceptors (Lipinski definition) is 1. The van der Waals surface area contributed by atoms with Gasteiger partial charge in [-0.25, -0.2) is 13.2 Å². The van der Waals surface area contributed by atoms with Crippen LogP contribution >= 0.6 is 0 Å². The monoisotopic (exact) mass is 422 g/mol. The second-order valence-corrected chi connectivity index (χ2v) is 8.59. The van der Waals surface area contributed by atoms with Crippen LogP contribution in [0.15, 0.2) is 12.1 Å². The van der Waals surface area contributed by atoms with Crippen LogP contribution in [-0.2, 0) is 0 Å². The Bertz CT molecular complexity index is 640. The summed E-state index contributed by atoms with van der Waals surface area (Å²) in [6, 6.07) is 0.888. The molecule has 2 saturated carbocycles. The molecule has 29 heavy (non-hydrogen) atoms. The number of ether oxygens (including phenoxy) is 1. The first kappa shape index (κ1) is 22.3. The molecule has 0 bridgehead atoms. The highest BCUT2D eigenvalue weighted by molar-refractivity contribution is 5.25. The molecule has 7 heteroatoms. The van der Waals surface area contributed by atoms with Gasteiger partial charge in [-0.1, -0.05) is 12.8 Å². The van der Waals surface area contributed by atoms with Gasteiger partial charge in [0.05, 0.1) is 12.6 Å². The van der Waals surface area contributed by atoms with Crippen LogP contribution in [0.2, 0.25) is 0 Å². The lowest BCUT2D eigenvalue weighted by Crippen LogP contribution is -2.38. The zero-order valence-corrected chi connectivity index (χ0v) is 16.4. The van der Waals surface area contributed by atoms with Crippen LogP contribution in [0.1, 0.15) is 64.2 Å². The van der Waals surface area contributed by atoms with Gasteiger partial charge in [-0.2, -0.15) is 8.78 Å². The van der Waals surface area contributed by atoms with Gasteiger partial charge in [0, 0.05) is 12.1 Å². The Hall–Kier alpha value is -1.40. The lowest BCUT2D eigenvalue weighted by molar-refractivity contribution is -0.224. The van der Waals surface area contributed by atoms with Crippen molar-refractivity contribution < 1.29 is 31.1 Å². The van der Waals surface area contributed by atoms with E-state index in [4.69, 9.17) is 0 Å². The molecule has 1 nitrogen and oxygen atoms in total. The van der Waals surface area contributed by atoms with Crippen molar-refractivity contribution in [3.63, 3.8) is 0 Å². The molecule has 1 aromatic rings. The molecule has 0 atom stereocenters. The van der Waals surface area contributed by atoms with Crippen molar-refractivity contribution in [1.29, 1.82) is 0 Å². The van der Waals surface area contributed by atoms with Gasteiger partial charge < -0.3 is 4.74 Å². The predicted molar refractivity (Wildman–Crippen MR) is 98.0 cm³/mol. The van der Waals surface area contributed by atoms with Gasteiger partial charge in [-0.05, 0) is 69.1 Å².